The molecule has 2 aromatic rings. The van der Waals surface area contributed by atoms with Gasteiger partial charge in [0.25, 0.3) is 0 Å². The van der Waals surface area contributed by atoms with Crippen molar-refractivity contribution in [1.82, 2.24) is 19.4 Å². The fourth-order valence-corrected chi connectivity index (χ4v) is 3.55. The Morgan fingerprint density at radius 1 is 1.31 bits per heavy atom. The molecule has 0 spiro atoms. The maximum Gasteiger partial charge on any atom is 0.246 e. The van der Waals surface area contributed by atoms with E-state index in [-0.39, 0.29) is 23.2 Å². The predicted molar refractivity (Wildman–Crippen MR) is 103 cm³/mol. The highest BCUT2D eigenvalue weighted by atomic mass is 35.5. The van der Waals surface area contributed by atoms with E-state index in [4.69, 9.17) is 0 Å². The molecule has 2 rings (SSSR count). The molecule has 0 bridgehead atoms. The van der Waals surface area contributed by atoms with Gasteiger partial charge in [0.1, 0.15) is 6.04 Å². The van der Waals surface area contributed by atoms with E-state index in [1.54, 1.807) is 50.2 Å². The van der Waals surface area contributed by atoms with Crippen molar-refractivity contribution < 1.29 is 13.2 Å². The van der Waals surface area contributed by atoms with Gasteiger partial charge >= 0.3 is 0 Å². The molecule has 10 heteroatoms. The van der Waals surface area contributed by atoms with E-state index < -0.39 is 16.1 Å². The number of benzene rings is 1. The highest BCUT2D eigenvalue weighted by molar-refractivity contribution is 7.89. The van der Waals surface area contributed by atoms with Crippen molar-refractivity contribution in [3.8, 4) is 0 Å². The highest BCUT2D eigenvalue weighted by Gasteiger charge is 2.23. The number of anilines is 1. The summed E-state index contributed by atoms with van der Waals surface area (Å²) >= 11 is 0. The maximum absolute atomic E-state index is 12.6. The summed E-state index contributed by atoms with van der Waals surface area (Å²) in [6.07, 6.45) is 3.36. The Bertz CT molecular complexity index is 880. The van der Waals surface area contributed by atoms with Gasteiger partial charge in [-0.25, -0.2) is 12.7 Å². The van der Waals surface area contributed by atoms with Crippen molar-refractivity contribution in [3.05, 3.63) is 41.7 Å². The first kappa shape index (κ1) is 22.1. The van der Waals surface area contributed by atoms with Gasteiger partial charge < -0.3 is 10.6 Å². The summed E-state index contributed by atoms with van der Waals surface area (Å²) in [4.78, 5) is 12.7. The molecule has 8 nitrogen and oxygen atoms in total. The van der Waals surface area contributed by atoms with Gasteiger partial charge in [-0.15, -0.1) is 12.4 Å². The summed E-state index contributed by atoms with van der Waals surface area (Å²) in [5.74, 6) is -0.299. The first-order valence-electron chi connectivity index (χ1n) is 7.66. The molecule has 26 heavy (non-hydrogen) atoms. The van der Waals surface area contributed by atoms with Crippen LogP contribution in [0.1, 0.15) is 17.2 Å². The van der Waals surface area contributed by atoms with Crippen LogP contribution in [0.4, 0.5) is 5.69 Å². The number of nitrogens with zero attached hydrogens (tertiary/aromatic N) is 3. The monoisotopic (exact) mass is 401 g/mol. The van der Waals surface area contributed by atoms with Crippen LogP contribution in [-0.2, 0) is 21.9 Å². The third kappa shape index (κ3) is 4.61. The van der Waals surface area contributed by atoms with E-state index in [9.17, 15) is 13.2 Å². The lowest BCUT2D eigenvalue weighted by Gasteiger charge is -2.17. The van der Waals surface area contributed by atoms with Crippen LogP contribution in [0.15, 0.2) is 35.5 Å². The second-order valence-corrected chi connectivity index (χ2v) is 8.05. The van der Waals surface area contributed by atoms with Gasteiger partial charge in [-0.2, -0.15) is 5.10 Å². The topological polar surface area (TPSA) is 96.3 Å². The number of hydrogen-bond acceptors (Lipinski definition) is 5. The zero-order valence-electron chi connectivity index (χ0n) is 15.3. The van der Waals surface area contributed by atoms with Gasteiger partial charge in [0.2, 0.25) is 15.9 Å². The SMILES string of the molecule is CNC(C(=O)Nc1ccc(C)c(S(=O)(=O)N(C)C)c1)c1cnn(C)c1.Cl. The molecule has 1 unspecified atom stereocenters. The Morgan fingerprint density at radius 2 is 1.96 bits per heavy atom. The van der Waals surface area contributed by atoms with Gasteiger partial charge in [0, 0.05) is 38.6 Å². The number of amides is 1. The standard InChI is InChI=1S/C16H23N5O3S.ClH/c1-11-6-7-13(8-14(11)25(23,24)20(3)4)19-16(22)15(17-2)12-9-18-21(5)10-12;/h6-10,15,17H,1-5H3,(H,19,22);1H. The van der Waals surface area contributed by atoms with Crippen LogP contribution in [0.2, 0.25) is 0 Å². The van der Waals surface area contributed by atoms with Crippen LogP contribution in [0, 0.1) is 6.92 Å². The zero-order chi connectivity index (χ0) is 18.8. The molecule has 0 fully saturated rings. The molecule has 1 atom stereocenters. The van der Waals surface area contributed by atoms with Crippen LogP contribution in [0.25, 0.3) is 0 Å². The Kier molecular flexibility index (Phi) is 7.34. The smallest absolute Gasteiger partial charge is 0.246 e. The number of sulfonamides is 1. The number of likely N-dealkylation sites (N-methyl/N-ethyl adjacent to an activating group) is 1. The molecule has 2 N–H and O–H groups in total. The quantitative estimate of drug-likeness (QED) is 0.760. The number of rotatable bonds is 6. The molecule has 0 saturated heterocycles. The van der Waals surface area contributed by atoms with Crippen LogP contribution in [-0.4, -0.2) is 49.6 Å². The lowest BCUT2D eigenvalue weighted by molar-refractivity contribution is -0.118. The van der Waals surface area contributed by atoms with Crippen LogP contribution in [0.5, 0.6) is 0 Å². The molecular weight excluding hydrogens is 378 g/mol. The Morgan fingerprint density at radius 3 is 2.46 bits per heavy atom. The van der Waals surface area contributed by atoms with Gasteiger partial charge in [0.05, 0.1) is 11.1 Å². The van der Waals surface area contributed by atoms with E-state index in [1.807, 2.05) is 0 Å². The Hall–Kier alpha value is -1.94. The first-order chi connectivity index (χ1) is 11.7. The summed E-state index contributed by atoms with van der Waals surface area (Å²) in [5, 5.41) is 9.76. The lowest BCUT2D eigenvalue weighted by atomic mass is 10.1. The van der Waals surface area contributed by atoms with Crippen molar-refractivity contribution in [2.75, 3.05) is 26.5 Å². The number of aromatic nitrogens is 2. The number of nitrogens with one attached hydrogen (secondary N) is 2. The van der Waals surface area contributed by atoms with E-state index in [0.717, 1.165) is 9.87 Å². The number of hydrogen-bond donors (Lipinski definition) is 2. The third-order valence-corrected chi connectivity index (χ3v) is 5.78. The van der Waals surface area contributed by atoms with Crippen molar-refractivity contribution in [3.63, 3.8) is 0 Å². The highest BCUT2D eigenvalue weighted by Crippen LogP contribution is 2.23. The molecule has 0 aliphatic rings. The largest absolute Gasteiger partial charge is 0.324 e. The molecule has 0 radical (unpaired) electrons. The third-order valence-electron chi connectivity index (χ3n) is 3.82. The van der Waals surface area contributed by atoms with Crippen molar-refractivity contribution in [2.45, 2.75) is 17.9 Å². The zero-order valence-corrected chi connectivity index (χ0v) is 17.0. The first-order valence-corrected chi connectivity index (χ1v) is 9.10. The van der Waals surface area contributed by atoms with Crippen LogP contribution < -0.4 is 10.6 Å². The normalized spacial score (nSPS) is 12.5. The summed E-state index contributed by atoms with van der Waals surface area (Å²) in [5.41, 5.74) is 1.75. The molecule has 1 aromatic carbocycles. The molecule has 144 valence electrons. The van der Waals surface area contributed by atoms with Crippen molar-refractivity contribution in [2.24, 2.45) is 7.05 Å². The fourth-order valence-electron chi connectivity index (χ4n) is 2.41. The van der Waals surface area contributed by atoms with E-state index in [2.05, 4.69) is 15.7 Å². The molecule has 0 aliphatic heterocycles. The minimum absolute atomic E-state index is 0. The maximum atomic E-state index is 12.6. The summed E-state index contributed by atoms with van der Waals surface area (Å²) in [7, 11) is 2.80. The van der Waals surface area contributed by atoms with E-state index in [1.165, 1.54) is 20.2 Å². The second-order valence-electron chi connectivity index (χ2n) is 5.93. The lowest BCUT2D eigenvalue weighted by Crippen LogP contribution is -2.30. The molecule has 1 amide bonds. The van der Waals surface area contributed by atoms with Gasteiger partial charge in [-0.05, 0) is 31.7 Å². The molecule has 0 aliphatic carbocycles. The molecule has 1 heterocycles. The number of carbonyl (C=O) groups is 1. The summed E-state index contributed by atoms with van der Waals surface area (Å²) < 4.78 is 27.5. The second kappa shape index (κ2) is 8.63. The van der Waals surface area contributed by atoms with Gasteiger partial charge in [-0.3, -0.25) is 9.48 Å². The predicted octanol–water partition coefficient (Wildman–Crippen LogP) is 1.30. The average molecular weight is 402 g/mol. The number of halogens is 1. The molecule has 1 aromatic heterocycles. The number of carbonyl (C=O) groups excluding carboxylic acids is 1. The van der Waals surface area contributed by atoms with Gasteiger partial charge in [-0.1, -0.05) is 6.07 Å². The molecular formula is C16H24ClN5O3S. The van der Waals surface area contributed by atoms with Crippen molar-refractivity contribution >= 4 is 34.0 Å². The average Bonchev–Trinajstić information content (AvgIpc) is 2.95. The minimum Gasteiger partial charge on any atom is -0.324 e. The van der Waals surface area contributed by atoms with Crippen LogP contribution >= 0.6 is 12.4 Å². The summed E-state index contributed by atoms with van der Waals surface area (Å²) in [6.45, 7) is 1.72. The molecule has 0 saturated carbocycles. The van der Waals surface area contributed by atoms with Crippen molar-refractivity contribution in [1.29, 1.82) is 0 Å². The Balaban J connectivity index is 0.00000338. The number of aryl methyl sites for hydroxylation is 2. The minimum atomic E-state index is -3.59. The summed E-state index contributed by atoms with van der Waals surface area (Å²) in [6, 6.07) is 4.23. The van der Waals surface area contributed by atoms with Crippen LogP contribution in [0.3, 0.4) is 0 Å². The van der Waals surface area contributed by atoms with E-state index >= 15 is 0 Å². The fraction of sp³-hybridized carbons (Fsp3) is 0.375. The van der Waals surface area contributed by atoms with Gasteiger partial charge in [0.15, 0.2) is 0 Å². The van der Waals surface area contributed by atoms with E-state index in [0.29, 0.717) is 11.3 Å². The Labute approximate surface area is 160 Å².